The summed E-state index contributed by atoms with van der Waals surface area (Å²) < 4.78 is 28.0. The van der Waals surface area contributed by atoms with Gasteiger partial charge in [0, 0.05) is 30.4 Å². The normalized spacial score (nSPS) is 15.7. The lowest BCUT2D eigenvalue weighted by molar-refractivity contribution is -0.138. The van der Waals surface area contributed by atoms with Gasteiger partial charge in [0.15, 0.2) is 6.17 Å². The fraction of sp³-hybridized carbons (Fsp3) is 0.267. The molecule has 0 aromatic heterocycles. The average molecular weight is 565 g/mol. The molecule has 0 bridgehead atoms. The highest BCUT2D eigenvalue weighted by Crippen LogP contribution is 2.24. The van der Waals surface area contributed by atoms with Crippen molar-refractivity contribution in [3.8, 4) is 0 Å². The van der Waals surface area contributed by atoms with Crippen molar-refractivity contribution in [2.75, 3.05) is 18.4 Å². The average Bonchev–Trinajstić information content (AvgIpc) is 2.92. The lowest BCUT2D eigenvalue weighted by atomic mass is 10.0. The van der Waals surface area contributed by atoms with Gasteiger partial charge < -0.3 is 20.6 Å². The highest BCUT2D eigenvalue weighted by atomic mass is 19.1. The van der Waals surface area contributed by atoms with E-state index in [-0.39, 0.29) is 25.1 Å². The van der Waals surface area contributed by atoms with E-state index in [0.717, 1.165) is 33.1 Å². The zero-order valence-electron chi connectivity index (χ0n) is 22.6. The molecule has 3 N–H and O–H groups in total. The molecule has 1 aliphatic rings. The predicted octanol–water partition coefficient (Wildman–Crippen LogP) is 4.62. The van der Waals surface area contributed by atoms with Crippen LogP contribution in [0.3, 0.4) is 0 Å². The van der Waals surface area contributed by atoms with Gasteiger partial charge in [0.1, 0.15) is 11.6 Å². The van der Waals surface area contributed by atoms with Crippen LogP contribution in [0.5, 0.6) is 0 Å². The van der Waals surface area contributed by atoms with Crippen molar-refractivity contribution in [1.82, 2.24) is 15.1 Å². The first-order valence-corrected chi connectivity index (χ1v) is 13.0. The maximum absolute atomic E-state index is 14.0. The Kier molecular flexibility index (Phi) is 8.96. The molecule has 1 saturated heterocycles. The highest BCUT2D eigenvalue weighted by molar-refractivity contribution is 6.00. The summed E-state index contributed by atoms with van der Waals surface area (Å²) in [6.07, 6.45) is -1.71. The number of aryl methyl sites for hydroxylation is 2. The molecule has 1 aliphatic heterocycles. The number of benzene rings is 3. The van der Waals surface area contributed by atoms with Crippen molar-refractivity contribution >= 4 is 29.5 Å². The molecule has 11 heteroatoms. The van der Waals surface area contributed by atoms with E-state index < -0.39 is 54.1 Å². The van der Waals surface area contributed by atoms with Gasteiger partial charge in [-0.15, -0.1) is 0 Å². The SMILES string of the molecule is Cc1ccc(NC(=O)N2CCCN(C(=O)c3cc(F)cc(F)c3)C2C(=O)NC(CC(=O)O)c2cccc(C)c2)cc1. The molecular formula is C30H30F2N4O5. The Morgan fingerprint density at radius 2 is 1.56 bits per heavy atom. The Morgan fingerprint density at radius 3 is 2.20 bits per heavy atom. The Morgan fingerprint density at radius 1 is 0.902 bits per heavy atom. The summed E-state index contributed by atoms with van der Waals surface area (Å²) in [6.45, 7) is 3.81. The van der Waals surface area contributed by atoms with Crippen LogP contribution >= 0.6 is 0 Å². The highest BCUT2D eigenvalue weighted by Gasteiger charge is 2.41. The number of aliphatic carboxylic acids is 1. The third-order valence-corrected chi connectivity index (χ3v) is 6.70. The molecule has 3 aromatic carbocycles. The van der Waals surface area contributed by atoms with Crippen molar-refractivity contribution in [1.29, 1.82) is 0 Å². The predicted molar refractivity (Wildman–Crippen MR) is 147 cm³/mol. The van der Waals surface area contributed by atoms with E-state index in [1.165, 1.54) is 0 Å². The fourth-order valence-electron chi connectivity index (χ4n) is 4.77. The van der Waals surface area contributed by atoms with E-state index in [1.807, 2.05) is 19.9 Å². The summed E-state index contributed by atoms with van der Waals surface area (Å²) in [4.78, 5) is 54.7. The summed E-state index contributed by atoms with van der Waals surface area (Å²) in [5.41, 5.74) is 2.46. The monoisotopic (exact) mass is 564 g/mol. The number of nitrogens with one attached hydrogen (secondary N) is 2. The lowest BCUT2D eigenvalue weighted by Crippen LogP contribution is -2.64. The smallest absolute Gasteiger partial charge is 0.323 e. The molecule has 1 heterocycles. The van der Waals surface area contributed by atoms with Gasteiger partial charge in [0.2, 0.25) is 0 Å². The van der Waals surface area contributed by atoms with Crippen LogP contribution in [0.1, 0.15) is 45.9 Å². The zero-order chi connectivity index (χ0) is 29.7. The van der Waals surface area contributed by atoms with E-state index in [0.29, 0.717) is 17.3 Å². The van der Waals surface area contributed by atoms with Crippen LogP contribution in [0.25, 0.3) is 0 Å². The number of rotatable bonds is 7. The second kappa shape index (κ2) is 12.6. The standard InChI is InChI=1S/C30H30F2N4O5/c1-18-7-9-24(10-8-18)33-30(41)36-12-4-11-35(29(40)21-14-22(31)16-23(32)15-21)28(36)27(39)34-25(17-26(37)38)20-6-3-5-19(2)13-20/h3,5-10,13-16,25,28H,4,11-12,17H2,1-2H3,(H,33,41)(H,34,39)(H,37,38). The Bertz CT molecular complexity index is 1440. The van der Waals surface area contributed by atoms with Gasteiger partial charge in [-0.2, -0.15) is 0 Å². The molecule has 3 aromatic rings. The summed E-state index contributed by atoms with van der Waals surface area (Å²) in [6, 6.07) is 14.6. The fourth-order valence-corrected chi connectivity index (χ4v) is 4.77. The molecule has 2 unspecified atom stereocenters. The number of urea groups is 1. The topological polar surface area (TPSA) is 119 Å². The minimum atomic E-state index is -1.53. The summed E-state index contributed by atoms with van der Waals surface area (Å²) in [7, 11) is 0. The number of nitrogens with zero attached hydrogens (tertiary/aromatic N) is 2. The molecule has 4 rings (SSSR count). The first kappa shape index (κ1) is 29.2. The molecule has 0 radical (unpaired) electrons. The zero-order valence-corrected chi connectivity index (χ0v) is 22.6. The van der Waals surface area contributed by atoms with Gasteiger partial charge >= 0.3 is 12.0 Å². The van der Waals surface area contributed by atoms with Crippen molar-refractivity contribution < 1.29 is 33.1 Å². The molecule has 0 saturated carbocycles. The van der Waals surface area contributed by atoms with Crippen LogP contribution < -0.4 is 10.6 Å². The Labute approximate surface area is 235 Å². The Hall–Kier alpha value is -4.80. The van der Waals surface area contributed by atoms with E-state index in [9.17, 15) is 33.1 Å². The molecule has 9 nitrogen and oxygen atoms in total. The van der Waals surface area contributed by atoms with Crippen LogP contribution in [-0.4, -0.2) is 58.0 Å². The third-order valence-electron chi connectivity index (χ3n) is 6.70. The number of hydrogen-bond acceptors (Lipinski definition) is 4. The number of amides is 4. The number of carboxylic acid groups (broad SMARTS) is 1. The van der Waals surface area contributed by atoms with Crippen LogP contribution in [-0.2, 0) is 9.59 Å². The van der Waals surface area contributed by atoms with Crippen LogP contribution in [0.2, 0.25) is 0 Å². The molecule has 4 amide bonds. The van der Waals surface area contributed by atoms with Gasteiger partial charge in [-0.3, -0.25) is 19.3 Å². The molecule has 214 valence electrons. The molecule has 41 heavy (non-hydrogen) atoms. The second-order valence-corrected chi connectivity index (χ2v) is 9.95. The van der Waals surface area contributed by atoms with Crippen molar-refractivity contribution in [2.45, 2.75) is 38.9 Å². The molecule has 1 fully saturated rings. The number of anilines is 1. The minimum Gasteiger partial charge on any atom is -0.481 e. The number of hydrogen-bond donors (Lipinski definition) is 3. The summed E-state index contributed by atoms with van der Waals surface area (Å²) in [5, 5.41) is 15.0. The number of carbonyl (C=O) groups excluding carboxylic acids is 3. The van der Waals surface area contributed by atoms with E-state index in [1.54, 1.807) is 42.5 Å². The lowest BCUT2D eigenvalue weighted by Gasteiger charge is -2.43. The van der Waals surface area contributed by atoms with Gasteiger partial charge in [0.25, 0.3) is 11.8 Å². The molecule has 0 aliphatic carbocycles. The van der Waals surface area contributed by atoms with Crippen LogP contribution in [0.4, 0.5) is 19.3 Å². The first-order chi connectivity index (χ1) is 19.5. The first-order valence-electron chi connectivity index (χ1n) is 13.0. The Balaban J connectivity index is 1.70. The quantitative estimate of drug-likeness (QED) is 0.387. The van der Waals surface area contributed by atoms with Gasteiger partial charge in [-0.05, 0) is 50.1 Å². The van der Waals surface area contributed by atoms with Crippen LogP contribution in [0, 0.1) is 25.5 Å². The van der Waals surface area contributed by atoms with Gasteiger partial charge in [0.05, 0.1) is 12.5 Å². The number of halogens is 2. The van der Waals surface area contributed by atoms with Crippen LogP contribution in [0.15, 0.2) is 66.7 Å². The van der Waals surface area contributed by atoms with Gasteiger partial charge in [-0.1, -0.05) is 47.5 Å². The van der Waals surface area contributed by atoms with Crippen molar-refractivity contribution in [3.05, 3.63) is 101 Å². The van der Waals surface area contributed by atoms with E-state index in [2.05, 4.69) is 10.6 Å². The number of carboxylic acids is 1. The second-order valence-electron chi connectivity index (χ2n) is 9.95. The molecule has 0 spiro atoms. The third kappa shape index (κ3) is 7.24. The molecular weight excluding hydrogens is 534 g/mol. The number of carbonyl (C=O) groups is 4. The molecule has 2 atom stereocenters. The maximum atomic E-state index is 14.0. The van der Waals surface area contributed by atoms with Crippen molar-refractivity contribution in [2.24, 2.45) is 0 Å². The minimum absolute atomic E-state index is 0.0113. The van der Waals surface area contributed by atoms with Crippen molar-refractivity contribution in [3.63, 3.8) is 0 Å². The van der Waals surface area contributed by atoms with E-state index in [4.69, 9.17) is 0 Å². The maximum Gasteiger partial charge on any atom is 0.323 e. The summed E-state index contributed by atoms with van der Waals surface area (Å²) in [5.74, 6) is -4.79. The van der Waals surface area contributed by atoms with Gasteiger partial charge in [-0.25, -0.2) is 13.6 Å². The largest absolute Gasteiger partial charge is 0.481 e. The van der Waals surface area contributed by atoms with E-state index >= 15 is 0 Å². The summed E-state index contributed by atoms with van der Waals surface area (Å²) >= 11 is 0.